The van der Waals surface area contributed by atoms with Crippen molar-refractivity contribution in [2.24, 2.45) is 5.92 Å². The number of Topliss-reactive ketones (excluding diaryl/α,β-unsaturated/α-hetero) is 1. The Bertz CT molecular complexity index is 426. The molecular formula is C16H23NO. The van der Waals surface area contributed by atoms with Crippen molar-refractivity contribution in [3.05, 3.63) is 23.5 Å². The second kappa shape index (κ2) is 5.29. The topological polar surface area (TPSA) is 22.0 Å². The van der Waals surface area contributed by atoms with Crippen molar-refractivity contribution in [2.75, 3.05) is 0 Å². The van der Waals surface area contributed by atoms with E-state index in [1.807, 2.05) is 6.07 Å². The van der Waals surface area contributed by atoms with Gasteiger partial charge in [-0.1, -0.05) is 25.7 Å². The molecule has 2 aliphatic carbocycles. The van der Waals surface area contributed by atoms with Crippen molar-refractivity contribution in [1.82, 2.24) is 4.57 Å². The smallest absolute Gasteiger partial charge is 0.164 e. The molecule has 0 unspecified atom stereocenters. The van der Waals surface area contributed by atoms with Crippen LogP contribution in [0.4, 0.5) is 0 Å². The highest BCUT2D eigenvalue weighted by molar-refractivity contribution is 5.98. The summed E-state index contributed by atoms with van der Waals surface area (Å²) in [4.78, 5) is 11.8. The van der Waals surface area contributed by atoms with Gasteiger partial charge >= 0.3 is 0 Å². The van der Waals surface area contributed by atoms with Gasteiger partial charge in [-0.2, -0.15) is 0 Å². The number of hydrogen-bond acceptors (Lipinski definition) is 1. The highest BCUT2D eigenvalue weighted by Gasteiger charge is 2.20. The molecule has 2 aliphatic rings. The molecule has 98 valence electrons. The quantitative estimate of drug-likeness (QED) is 0.786. The molecule has 1 heterocycles. The SMILES string of the molecule is O=C1CCCc2c1ccn2CCCC1CCCC1. The van der Waals surface area contributed by atoms with E-state index in [0.29, 0.717) is 5.78 Å². The monoisotopic (exact) mass is 245 g/mol. The number of ketones is 1. The molecule has 3 rings (SSSR count). The van der Waals surface area contributed by atoms with Crippen molar-refractivity contribution in [3.63, 3.8) is 0 Å². The summed E-state index contributed by atoms with van der Waals surface area (Å²) in [5, 5.41) is 0. The van der Waals surface area contributed by atoms with Crippen molar-refractivity contribution >= 4 is 5.78 Å². The van der Waals surface area contributed by atoms with Crippen LogP contribution in [0.25, 0.3) is 0 Å². The summed E-state index contributed by atoms with van der Waals surface area (Å²) in [6.45, 7) is 1.11. The summed E-state index contributed by atoms with van der Waals surface area (Å²) >= 11 is 0. The molecule has 18 heavy (non-hydrogen) atoms. The summed E-state index contributed by atoms with van der Waals surface area (Å²) in [5.74, 6) is 1.34. The maximum Gasteiger partial charge on any atom is 0.164 e. The molecule has 0 saturated heterocycles. The van der Waals surface area contributed by atoms with Crippen molar-refractivity contribution in [1.29, 1.82) is 0 Å². The summed E-state index contributed by atoms with van der Waals surface area (Å²) in [7, 11) is 0. The minimum atomic E-state index is 0.353. The lowest BCUT2D eigenvalue weighted by Gasteiger charge is -2.15. The molecule has 1 saturated carbocycles. The first-order chi connectivity index (χ1) is 8.84. The third-order valence-corrected chi connectivity index (χ3v) is 4.68. The third-order valence-electron chi connectivity index (χ3n) is 4.68. The van der Waals surface area contributed by atoms with Gasteiger partial charge in [-0.15, -0.1) is 0 Å². The van der Waals surface area contributed by atoms with Crippen LogP contribution < -0.4 is 0 Å². The van der Waals surface area contributed by atoms with E-state index >= 15 is 0 Å². The highest BCUT2D eigenvalue weighted by Crippen LogP contribution is 2.29. The van der Waals surface area contributed by atoms with E-state index in [0.717, 1.165) is 37.3 Å². The van der Waals surface area contributed by atoms with Gasteiger partial charge in [-0.05, 0) is 37.7 Å². The first-order valence-electron chi connectivity index (χ1n) is 7.56. The molecule has 0 aromatic carbocycles. The average molecular weight is 245 g/mol. The van der Waals surface area contributed by atoms with Gasteiger partial charge in [0.15, 0.2) is 5.78 Å². The van der Waals surface area contributed by atoms with Gasteiger partial charge in [0.05, 0.1) is 0 Å². The van der Waals surface area contributed by atoms with Gasteiger partial charge in [0.25, 0.3) is 0 Å². The van der Waals surface area contributed by atoms with Gasteiger partial charge in [-0.25, -0.2) is 0 Å². The Morgan fingerprint density at radius 3 is 2.83 bits per heavy atom. The summed E-state index contributed by atoms with van der Waals surface area (Å²) in [5.41, 5.74) is 2.31. The summed E-state index contributed by atoms with van der Waals surface area (Å²) in [6.07, 6.45) is 13.4. The Morgan fingerprint density at radius 1 is 1.17 bits per heavy atom. The molecule has 0 N–H and O–H groups in total. The number of nitrogens with zero attached hydrogens (tertiary/aromatic N) is 1. The van der Waals surface area contributed by atoms with Crippen LogP contribution >= 0.6 is 0 Å². The van der Waals surface area contributed by atoms with Crippen LogP contribution in [0.5, 0.6) is 0 Å². The molecule has 0 aliphatic heterocycles. The van der Waals surface area contributed by atoms with Crippen LogP contribution in [-0.2, 0) is 13.0 Å². The summed E-state index contributed by atoms with van der Waals surface area (Å²) in [6, 6.07) is 2.03. The number of carbonyl (C=O) groups is 1. The minimum absolute atomic E-state index is 0.353. The van der Waals surface area contributed by atoms with Gasteiger partial charge in [0.1, 0.15) is 0 Å². The lowest BCUT2D eigenvalue weighted by atomic mass is 9.96. The molecule has 1 fully saturated rings. The number of aromatic nitrogens is 1. The van der Waals surface area contributed by atoms with E-state index in [-0.39, 0.29) is 0 Å². The zero-order valence-electron chi connectivity index (χ0n) is 11.2. The Kier molecular flexibility index (Phi) is 3.53. The maximum atomic E-state index is 11.8. The second-order valence-electron chi connectivity index (χ2n) is 5.94. The fourth-order valence-corrected chi connectivity index (χ4v) is 3.65. The van der Waals surface area contributed by atoms with E-state index in [2.05, 4.69) is 10.8 Å². The molecule has 2 heteroatoms. The Labute approximate surface area is 109 Å². The van der Waals surface area contributed by atoms with Crippen LogP contribution in [0.2, 0.25) is 0 Å². The van der Waals surface area contributed by atoms with E-state index in [1.54, 1.807) is 0 Å². The molecule has 0 radical (unpaired) electrons. The second-order valence-corrected chi connectivity index (χ2v) is 5.94. The largest absolute Gasteiger partial charge is 0.351 e. The lowest BCUT2D eigenvalue weighted by molar-refractivity contribution is 0.0971. The zero-order valence-corrected chi connectivity index (χ0v) is 11.2. The Morgan fingerprint density at radius 2 is 2.00 bits per heavy atom. The zero-order chi connectivity index (χ0) is 12.4. The standard InChI is InChI=1S/C16H23NO/c18-16-9-3-8-15-14(16)10-12-17(15)11-4-7-13-5-1-2-6-13/h10,12-13H,1-9,11H2. The van der Waals surface area contributed by atoms with E-state index in [9.17, 15) is 4.79 Å². The van der Waals surface area contributed by atoms with Gasteiger partial charge in [-0.3, -0.25) is 4.79 Å². The first-order valence-corrected chi connectivity index (χ1v) is 7.56. The Balaban J connectivity index is 1.58. The van der Waals surface area contributed by atoms with Crippen molar-refractivity contribution < 1.29 is 4.79 Å². The molecule has 0 amide bonds. The van der Waals surface area contributed by atoms with Crippen LogP contribution in [0.15, 0.2) is 12.3 Å². The van der Waals surface area contributed by atoms with Crippen molar-refractivity contribution in [2.45, 2.75) is 64.3 Å². The number of carbonyl (C=O) groups excluding carboxylic acids is 1. The lowest BCUT2D eigenvalue weighted by Crippen LogP contribution is -2.13. The molecule has 1 aromatic rings. The predicted octanol–water partition coefficient (Wildman–Crippen LogP) is 3.98. The van der Waals surface area contributed by atoms with Gasteiger partial charge in [0.2, 0.25) is 0 Å². The molecule has 0 bridgehead atoms. The normalized spacial score (nSPS) is 20.3. The number of rotatable bonds is 4. The highest BCUT2D eigenvalue weighted by atomic mass is 16.1. The van der Waals surface area contributed by atoms with Gasteiger partial charge in [0, 0.05) is 30.4 Å². The summed E-state index contributed by atoms with van der Waals surface area (Å²) < 4.78 is 2.33. The molecule has 0 atom stereocenters. The molecule has 0 spiro atoms. The first kappa shape index (κ1) is 12.0. The molecule has 1 aromatic heterocycles. The number of hydrogen-bond donors (Lipinski definition) is 0. The number of aryl methyl sites for hydroxylation is 1. The number of fused-ring (bicyclic) bond motifs is 1. The van der Waals surface area contributed by atoms with Crippen LogP contribution in [0.1, 0.15) is 67.4 Å². The van der Waals surface area contributed by atoms with Gasteiger partial charge < -0.3 is 4.57 Å². The fraction of sp³-hybridized carbons (Fsp3) is 0.688. The maximum absolute atomic E-state index is 11.8. The molecular weight excluding hydrogens is 222 g/mol. The van der Waals surface area contributed by atoms with Crippen molar-refractivity contribution in [3.8, 4) is 0 Å². The molecule has 2 nitrogen and oxygen atoms in total. The third kappa shape index (κ3) is 2.38. The van der Waals surface area contributed by atoms with E-state index < -0.39 is 0 Å². The predicted molar refractivity (Wildman–Crippen MR) is 72.9 cm³/mol. The average Bonchev–Trinajstić information content (AvgIpc) is 3.00. The van der Waals surface area contributed by atoms with E-state index in [4.69, 9.17) is 0 Å². The Hall–Kier alpha value is -1.05. The van der Waals surface area contributed by atoms with E-state index in [1.165, 1.54) is 44.2 Å². The fourth-order valence-electron chi connectivity index (χ4n) is 3.65. The minimum Gasteiger partial charge on any atom is -0.351 e. The van der Waals surface area contributed by atoms with Crippen LogP contribution in [0, 0.1) is 5.92 Å². The van der Waals surface area contributed by atoms with Crippen LogP contribution in [0.3, 0.4) is 0 Å². The van der Waals surface area contributed by atoms with Crippen LogP contribution in [-0.4, -0.2) is 10.4 Å².